The maximum absolute atomic E-state index is 12.2. The van der Waals surface area contributed by atoms with E-state index in [2.05, 4.69) is 10.4 Å². The largest absolute Gasteiger partial charge is 0.349 e. The van der Waals surface area contributed by atoms with E-state index in [9.17, 15) is 4.79 Å². The summed E-state index contributed by atoms with van der Waals surface area (Å²) in [6.07, 6.45) is 9.35. The molecule has 2 heterocycles. The number of aromatic nitrogens is 2. The molecule has 0 spiro atoms. The van der Waals surface area contributed by atoms with Crippen molar-refractivity contribution in [1.29, 1.82) is 0 Å². The van der Waals surface area contributed by atoms with Gasteiger partial charge in [-0.3, -0.25) is 9.48 Å². The molecule has 1 amide bonds. The molecule has 1 aliphatic rings. The highest BCUT2D eigenvalue weighted by Gasteiger charge is 2.17. The van der Waals surface area contributed by atoms with Gasteiger partial charge in [-0.2, -0.15) is 5.10 Å². The Balaban J connectivity index is 1.59. The minimum absolute atomic E-state index is 0.0525. The molecule has 6 heteroatoms. The Morgan fingerprint density at radius 1 is 1.43 bits per heavy atom. The molecule has 0 radical (unpaired) electrons. The van der Waals surface area contributed by atoms with Gasteiger partial charge in [0, 0.05) is 12.2 Å². The lowest BCUT2D eigenvalue weighted by molar-refractivity contribution is 0.0932. The minimum atomic E-state index is 0.0525. The van der Waals surface area contributed by atoms with Crippen LogP contribution in [-0.2, 0) is 6.54 Å². The zero-order chi connectivity index (χ0) is 14.7. The van der Waals surface area contributed by atoms with E-state index in [0.717, 1.165) is 23.3 Å². The van der Waals surface area contributed by atoms with E-state index in [-0.39, 0.29) is 5.91 Å². The summed E-state index contributed by atoms with van der Waals surface area (Å²) in [6, 6.07) is 2.29. The highest BCUT2D eigenvalue weighted by Crippen LogP contribution is 2.20. The first-order valence-corrected chi connectivity index (χ1v) is 8.53. The summed E-state index contributed by atoms with van der Waals surface area (Å²) in [5.41, 5.74) is 1.08. The average Bonchev–Trinajstić information content (AvgIpc) is 3.10. The van der Waals surface area contributed by atoms with Crippen molar-refractivity contribution in [1.82, 2.24) is 15.1 Å². The zero-order valence-corrected chi connectivity index (χ0v) is 13.3. The van der Waals surface area contributed by atoms with Crippen LogP contribution >= 0.6 is 22.9 Å². The topological polar surface area (TPSA) is 46.9 Å². The van der Waals surface area contributed by atoms with E-state index in [4.69, 9.17) is 11.6 Å². The van der Waals surface area contributed by atoms with Gasteiger partial charge >= 0.3 is 0 Å². The molecular formula is C15H18ClN3OS. The van der Waals surface area contributed by atoms with Crippen molar-refractivity contribution in [3.63, 3.8) is 0 Å². The monoisotopic (exact) mass is 323 g/mol. The van der Waals surface area contributed by atoms with Gasteiger partial charge in [-0.1, -0.05) is 30.9 Å². The Hall–Kier alpha value is -1.33. The lowest BCUT2D eigenvalue weighted by Crippen LogP contribution is -2.35. The second-order valence-electron chi connectivity index (χ2n) is 5.48. The summed E-state index contributed by atoms with van der Waals surface area (Å²) < 4.78 is 1.77. The molecule has 21 heavy (non-hydrogen) atoms. The van der Waals surface area contributed by atoms with Crippen molar-refractivity contribution in [2.45, 2.75) is 44.7 Å². The van der Waals surface area contributed by atoms with Crippen molar-refractivity contribution in [3.05, 3.63) is 39.3 Å². The van der Waals surface area contributed by atoms with Crippen LogP contribution in [0.25, 0.3) is 0 Å². The Kier molecular flexibility index (Phi) is 4.60. The third-order valence-electron chi connectivity index (χ3n) is 3.76. The summed E-state index contributed by atoms with van der Waals surface area (Å²) in [5, 5.41) is 9.92. The first-order chi connectivity index (χ1) is 10.2. The minimum Gasteiger partial charge on any atom is -0.349 e. The van der Waals surface area contributed by atoms with E-state index in [0.29, 0.717) is 17.6 Å². The molecule has 0 unspecified atom stereocenters. The molecule has 112 valence electrons. The molecule has 1 N–H and O–H groups in total. The van der Waals surface area contributed by atoms with Crippen molar-refractivity contribution >= 4 is 28.8 Å². The fraction of sp³-hybridized carbons (Fsp3) is 0.467. The van der Waals surface area contributed by atoms with Crippen LogP contribution in [0.1, 0.15) is 47.3 Å². The second-order valence-corrected chi connectivity index (χ2v) is 6.83. The molecule has 1 aliphatic carbocycles. The van der Waals surface area contributed by atoms with Crippen LogP contribution in [0.4, 0.5) is 0 Å². The third kappa shape index (κ3) is 3.86. The van der Waals surface area contributed by atoms with Crippen molar-refractivity contribution < 1.29 is 4.79 Å². The Morgan fingerprint density at radius 3 is 2.95 bits per heavy atom. The van der Waals surface area contributed by atoms with Crippen LogP contribution in [0.15, 0.2) is 23.8 Å². The molecular weight excluding hydrogens is 306 g/mol. The summed E-state index contributed by atoms with van der Waals surface area (Å²) in [7, 11) is 0. The molecule has 0 bridgehead atoms. The standard InChI is InChI=1S/C15H18ClN3OS/c16-12-7-17-19(9-12)8-11-6-14(21-10-11)15(20)18-13-4-2-1-3-5-13/h6-7,9-10,13H,1-5,8H2,(H,18,20). The van der Waals surface area contributed by atoms with E-state index >= 15 is 0 Å². The number of hydrogen-bond acceptors (Lipinski definition) is 3. The van der Waals surface area contributed by atoms with E-state index in [1.807, 2.05) is 11.4 Å². The quantitative estimate of drug-likeness (QED) is 0.932. The summed E-state index contributed by atoms with van der Waals surface area (Å²) in [5.74, 6) is 0.0525. The molecule has 2 aromatic rings. The van der Waals surface area contributed by atoms with Crippen molar-refractivity contribution in [2.75, 3.05) is 0 Å². The van der Waals surface area contributed by atoms with Crippen LogP contribution in [0.5, 0.6) is 0 Å². The van der Waals surface area contributed by atoms with Crippen LogP contribution < -0.4 is 5.32 Å². The lowest BCUT2D eigenvalue weighted by Gasteiger charge is -2.22. The van der Waals surface area contributed by atoms with Gasteiger partial charge in [-0.25, -0.2) is 0 Å². The predicted molar refractivity (Wildman–Crippen MR) is 85.0 cm³/mol. The lowest BCUT2D eigenvalue weighted by atomic mass is 9.95. The Labute approximate surface area is 133 Å². The molecule has 0 aromatic carbocycles. The van der Waals surface area contributed by atoms with Gasteiger partial charge in [0.2, 0.25) is 0 Å². The van der Waals surface area contributed by atoms with Crippen molar-refractivity contribution in [3.8, 4) is 0 Å². The number of halogens is 1. The molecule has 4 nitrogen and oxygen atoms in total. The SMILES string of the molecule is O=C(NC1CCCCC1)c1cc(Cn2cc(Cl)cn2)cs1. The van der Waals surface area contributed by atoms with Crippen molar-refractivity contribution in [2.24, 2.45) is 0 Å². The number of carbonyl (C=O) groups excluding carboxylic acids is 1. The molecule has 1 fully saturated rings. The number of hydrogen-bond donors (Lipinski definition) is 1. The summed E-state index contributed by atoms with van der Waals surface area (Å²) in [6.45, 7) is 0.639. The number of nitrogens with one attached hydrogen (secondary N) is 1. The number of rotatable bonds is 4. The number of thiophene rings is 1. The summed E-state index contributed by atoms with van der Waals surface area (Å²) in [4.78, 5) is 13.0. The van der Waals surface area contributed by atoms with Gasteiger partial charge in [0.05, 0.1) is 22.6 Å². The van der Waals surface area contributed by atoms with E-state index in [1.165, 1.54) is 30.6 Å². The molecule has 2 aromatic heterocycles. The molecule has 3 rings (SSSR count). The van der Waals surface area contributed by atoms with E-state index in [1.54, 1.807) is 17.1 Å². The van der Waals surface area contributed by atoms with Gasteiger partial charge in [0.15, 0.2) is 0 Å². The van der Waals surface area contributed by atoms with Gasteiger partial charge in [0.1, 0.15) is 0 Å². The molecule has 0 aliphatic heterocycles. The Morgan fingerprint density at radius 2 is 2.24 bits per heavy atom. The molecule has 1 saturated carbocycles. The fourth-order valence-electron chi connectivity index (χ4n) is 2.69. The highest BCUT2D eigenvalue weighted by atomic mass is 35.5. The second kappa shape index (κ2) is 6.62. The number of carbonyl (C=O) groups is 1. The first-order valence-electron chi connectivity index (χ1n) is 7.27. The van der Waals surface area contributed by atoms with E-state index < -0.39 is 0 Å². The normalized spacial score (nSPS) is 16.0. The first kappa shape index (κ1) is 14.6. The highest BCUT2D eigenvalue weighted by molar-refractivity contribution is 7.12. The zero-order valence-electron chi connectivity index (χ0n) is 11.7. The molecule has 0 atom stereocenters. The van der Waals surface area contributed by atoms with Gasteiger partial charge < -0.3 is 5.32 Å². The van der Waals surface area contributed by atoms with Gasteiger partial charge in [-0.05, 0) is 29.9 Å². The van der Waals surface area contributed by atoms with Gasteiger partial charge in [-0.15, -0.1) is 11.3 Å². The maximum Gasteiger partial charge on any atom is 0.261 e. The van der Waals surface area contributed by atoms with Crippen LogP contribution in [0.2, 0.25) is 5.02 Å². The fourth-order valence-corrected chi connectivity index (χ4v) is 3.66. The van der Waals surface area contributed by atoms with Gasteiger partial charge in [0.25, 0.3) is 5.91 Å². The third-order valence-corrected chi connectivity index (χ3v) is 4.94. The predicted octanol–water partition coefficient (Wildman–Crippen LogP) is 3.71. The number of amides is 1. The summed E-state index contributed by atoms with van der Waals surface area (Å²) >= 11 is 7.33. The number of nitrogens with zero attached hydrogens (tertiary/aromatic N) is 2. The molecule has 0 saturated heterocycles. The van der Waals surface area contributed by atoms with Crippen LogP contribution in [-0.4, -0.2) is 21.7 Å². The van der Waals surface area contributed by atoms with Crippen LogP contribution in [0, 0.1) is 0 Å². The maximum atomic E-state index is 12.2. The Bertz CT molecular complexity index is 616. The smallest absolute Gasteiger partial charge is 0.261 e. The van der Waals surface area contributed by atoms with Crippen LogP contribution in [0.3, 0.4) is 0 Å². The average molecular weight is 324 g/mol.